The van der Waals surface area contributed by atoms with Crippen molar-refractivity contribution in [2.45, 2.75) is 25.3 Å². The Morgan fingerprint density at radius 2 is 1.93 bits per heavy atom. The Hall–Kier alpha value is -2.41. The fourth-order valence-corrected chi connectivity index (χ4v) is 4.33. The van der Waals surface area contributed by atoms with Gasteiger partial charge < -0.3 is 15.0 Å². The van der Waals surface area contributed by atoms with Crippen LogP contribution in [0.1, 0.15) is 41.2 Å². The zero-order chi connectivity index (χ0) is 20.4. The number of hydrogen-bond donors (Lipinski definition) is 1. The van der Waals surface area contributed by atoms with E-state index in [2.05, 4.69) is 21.2 Å². The predicted octanol–water partition coefficient (Wildman–Crippen LogP) is 4.08. The van der Waals surface area contributed by atoms with E-state index < -0.39 is 0 Å². The molecule has 29 heavy (non-hydrogen) atoms. The van der Waals surface area contributed by atoms with Gasteiger partial charge in [0.2, 0.25) is 5.91 Å². The van der Waals surface area contributed by atoms with Gasteiger partial charge in [-0.25, -0.2) is 4.39 Å². The van der Waals surface area contributed by atoms with Crippen LogP contribution < -0.4 is 10.1 Å². The van der Waals surface area contributed by atoms with Crippen LogP contribution in [0.15, 0.2) is 46.9 Å². The lowest BCUT2D eigenvalue weighted by atomic mass is 9.94. The normalized spacial score (nSPS) is 21.1. The molecule has 2 aliphatic heterocycles. The number of nitrogens with zero attached hydrogens (tertiary/aromatic N) is 1. The third-order valence-corrected chi connectivity index (χ3v) is 5.99. The third-order valence-electron chi connectivity index (χ3n) is 5.50. The fourth-order valence-electron chi connectivity index (χ4n) is 3.96. The first kappa shape index (κ1) is 19.9. The van der Waals surface area contributed by atoms with Crippen LogP contribution in [-0.2, 0) is 4.79 Å². The lowest BCUT2D eigenvalue weighted by Gasteiger charge is -2.34. The van der Waals surface area contributed by atoms with Crippen LogP contribution in [0, 0.1) is 11.7 Å². The number of likely N-dealkylation sites (tertiary alicyclic amines) is 1. The SMILES string of the molecule is O=C(NC1CCOc2ccc(Br)cc21)C1CCCN(C(=O)c2ccc(F)cc2)C1. The van der Waals surface area contributed by atoms with Crippen LogP contribution in [0.2, 0.25) is 0 Å². The first-order chi connectivity index (χ1) is 14.0. The van der Waals surface area contributed by atoms with Gasteiger partial charge in [-0.2, -0.15) is 0 Å². The van der Waals surface area contributed by atoms with E-state index in [4.69, 9.17) is 4.74 Å². The molecule has 0 bridgehead atoms. The highest BCUT2D eigenvalue weighted by molar-refractivity contribution is 9.10. The van der Waals surface area contributed by atoms with Crippen LogP contribution in [-0.4, -0.2) is 36.4 Å². The molecule has 4 rings (SSSR count). The molecule has 1 fully saturated rings. The Balaban J connectivity index is 1.43. The van der Waals surface area contributed by atoms with Gasteiger partial charge in [0.15, 0.2) is 0 Å². The second-order valence-electron chi connectivity index (χ2n) is 7.48. The number of nitrogens with one attached hydrogen (secondary N) is 1. The highest BCUT2D eigenvalue weighted by Crippen LogP contribution is 2.34. The van der Waals surface area contributed by atoms with Crippen molar-refractivity contribution in [3.05, 3.63) is 63.9 Å². The highest BCUT2D eigenvalue weighted by atomic mass is 79.9. The first-order valence-corrected chi connectivity index (χ1v) is 10.6. The molecule has 0 aliphatic carbocycles. The molecule has 2 amide bonds. The number of ether oxygens (including phenoxy) is 1. The van der Waals surface area contributed by atoms with Gasteiger partial charge in [0.05, 0.1) is 18.6 Å². The Bertz CT molecular complexity index is 919. The van der Waals surface area contributed by atoms with E-state index in [0.29, 0.717) is 31.7 Å². The van der Waals surface area contributed by atoms with Gasteiger partial charge in [0.25, 0.3) is 5.91 Å². The summed E-state index contributed by atoms with van der Waals surface area (Å²) in [7, 11) is 0. The van der Waals surface area contributed by atoms with Crippen molar-refractivity contribution in [2.24, 2.45) is 5.92 Å². The lowest BCUT2D eigenvalue weighted by Crippen LogP contribution is -2.46. The van der Waals surface area contributed by atoms with Crippen LogP contribution in [0.5, 0.6) is 5.75 Å². The van der Waals surface area contributed by atoms with Crippen molar-refractivity contribution in [1.82, 2.24) is 10.2 Å². The maximum Gasteiger partial charge on any atom is 0.253 e. The van der Waals surface area contributed by atoms with E-state index in [1.54, 1.807) is 4.90 Å². The number of benzene rings is 2. The molecule has 2 aromatic rings. The summed E-state index contributed by atoms with van der Waals surface area (Å²) in [5, 5.41) is 3.15. The monoisotopic (exact) mass is 460 g/mol. The fraction of sp³-hybridized carbons (Fsp3) is 0.364. The average molecular weight is 461 g/mol. The van der Waals surface area contributed by atoms with E-state index in [9.17, 15) is 14.0 Å². The number of amides is 2. The summed E-state index contributed by atoms with van der Waals surface area (Å²) in [5.74, 6) is -0.0452. The standard InChI is InChI=1S/C22H22BrFN2O3/c23-16-5-8-20-18(12-16)19(9-11-29-20)25-21(27)15-2-1-10-26(13-15)22(28)14-3-6-17(24)7-4-14/h3-8,12,15,19H,1-2,9-11,13H2,(H,25,27). The van der Waals surface area contributed by atoms with Crippen molar-refractivity contribution in [3.8, 4) is 5.75 Å². The van der Waals surface area contributed by atoms with Crippen LogP contribution in [0.4, 0.5) is 4.39 Å². The van der Waals surface area contributed by atoms with Crippen molar-refractivity contribution >= 4 is 27.7 Å². The Morgan fingerprint density at radius 1 is 1.14 bits per heavy atom. The van der Waals surface area contributed by atoms with Gasteiger partial charge in [0.1, 0.15) is 11.6 Å². The molecule has 1 saturated heterocycles. The van der Waals surface area contributed by atoms with Crippen LogP contribution >= 0.6 is 15.9 Å². The van der Waals surface area contributed by atoms with Gasteiger partial charge in [-0.1, -0.05) is 15.9 Å². The minimum atomic E-state index is -0.374. The quantitative estimate of drug-likeness (QED) is 0.750. The summed E-state index contributed by atoms with van der Waals surface area (Å²) in [6, 6.07) is 11.2. The van der Waals surface area contributed by atoms with E-state index in [1.165, 1.54) is 24.3 Å². The highest BCUT2D eigenvalue weighted by Gasteiger charge is 2.31. The Labute approximate surface area is 177 Å². The molecule has 0 spiro atoms. The van der Waals surface area contributed by atoms with Crippen LogP contribution in [0.25, 0.3) is 0 Å². The van der Waals surface area contributed by atoms with E-state index in [-0.39, 0.29) is 29.6 Å². The molecular weight excluding hydrogens is 439 g/mol. The number of piperidine rings is 1. The zero-order valence-electron chi connectivity index (χ0n) is 15.9. The molecule has 0 saturated carbocycles. The molecule has 0 aromatic heterocycles. The van der Waals surface area contributed by atoms with E-state index >= 15 is 0 Å². The van der Waals surface area contributed by atoms with Gasteiger partial charge in [-0.15, -0.1) is 0 Å². The van der Waals surface area contributed by atoms with Gasteiger partial charge >= 0.3 is 0 Å². The van der Waals surface area contributed by atoms with E-state index in [1.807, 2.05) is 18.2 Å². The molecule has 2 aromatic carbocycles. The topological polar surface area (TPSA) is 58.6 Å². The minimum absolute atomic E-state index is 0.0422. The average Bonchev–Trinajstić information content (AvgIpc) is 2.74. The van der Waals surface area contributed by atoms with Crippen molar-refractivity contribution in [2.75, 3.05) is 19.7 Å². The Morgan fingerprint density at radius 3 is 2.72 bits per heavy atom. The molecule has 0 radical (unpaired) electrons. The Kier molecular flexibility index (Phi) is 5.85. The summed E-state index contributed by atoms with van der Waals surface area (Å²) in [6.45, 7) is 1.53. The third kappa shape index (κ3) is 4.45. The largest absolute Gasteiger partial charge is 0.493 e. The molecular formula is C22H22BrFN2O3. The number of halogens is 2. The number of carbonyl (C=O) groups is 2. The molecule has 152 valence electrons. The number of fused-ring (bicyclic) bond motifs is 1. The van der Waals surface area contributed by atoms with Gasteiger partial charge in [-0.05, 0) is 55.3 Å². The smallest absolute Gasteiger partial charge is 0.253 e. The lowest BCUT2D eigenvalue weighted by molar-refractivity contribution is -0.127. The van der Waals surface area contributed by atoms with Crippen molar-refractivity contribution in [3.63, 3.8) is 0 Å². The number of hydrogen-bond acceptors (Lipinski definition) is 3. The maximum atomic E-state index is 13.1. The number of rotatable bonds is 3. The van der Waals surface area contributed by atoms with Gasteiger partial charge in [0, 0.05) is 35.1 Å². The molecule has 2 aliphatic rings. The summed E-state index contributed by atoms with van der Waals surface area (Å²) >= 11 is 3.48. The predicted molar refractivity (Wildman–Crippen MR) is 110 cm³/mol. The second kappa shape index (κ2) is 8.53. The van der Waals surface area contributed by atoms with Crippen LogP contribution in [0.3, 0.4) is 0 Å². The van der Waals surface area contributed by atoms with Crippen molar-refractivity contribution < 1.29 is 18.7 Å². The summed E-state index contributed by atoms with van der Waals surface area (Å²) < 4.78 is 19.8. The summed E-state index contributed by atoms with van der Waals surface area (Å²) in [6.07, 6.45) is 2.22. The maximum absolute atomic E-state index is 13.1. The second-order valence-corrected chi connectivity index (χ2v) is 8.39. The summed E-state index contributed by atoms with van der Waals surface area (Å²) in [4.78, 5) is 27.4. The first-order valence-electron chi connectivity index (χ1n) is 9.79. The van der Waals surface area contributed by atoms with Gasteiger partial charge in [-0.3, -0.25) is 9.59 Å². The molecule has 7 heteroatoms. The molecule has 5 nitrogen and oxygen atoms in total. The van der Waals surface area contributed by atoms with Crippen molar-refractivity contribution in [1.29, 1.82) is 0 Å². The molecule has 2 atom stereocenters. The zero-order valence-corrected chi connectivity index (χ0v) is 17.5. The van der Waals surface area contributed by atoms with E-state index in [0.717, 1.165) is 28.6 Å². The number of carbonyl (C=O) groups excluding carboxylic acids is 2. The molecule has 2 unspecified atom stereocenters. The molecule has 1 N–H and O–H groups in total. The summed E-state index contributed by atoms with van der Waals surface area (Å²) in [5.41, 5.74) is 1.41. The molecule has 2 heterocycles. The minimum Gasteiger partial charge on any atom is -0.493 e.